The maximum Gasteiger partial charge on any atom is 0.408 e. The number of ether oxygens (including phenoxy) is 3. The van der Waals surface area contributed by atoms with Gasteiger partial charge in [0.05, 0.1) is 6.61 Å². The molecule has 0 aliphatic heterocycles. The highest BCUT2D eigenvalue weighted by molar-refractivity contribution is 5.93. The van der Waals surface area contributed by atoms with Crippen LogP contribution in [0.5, 0.6) is 0 Å². The monoisotopic (exact) mass is 428 g/mol. The number of esters is 2. The number of fused-ring (bicyclic) bond motifs is 1. The van der Waals surface area contributed by atoms with Crippen LogP contribution in [0.4, 0.5) is 9.18 Å². The van der Waals surface area contributed by atoms with Gasteiger partial charge in [-0.15, -0.1) is 0 Å². The number of rotatable bonds is 7. The maximum absolute atomic E-state index is 14.6. The van der Waals surface area contributed by atoms with Crippen LogP contribution in [0.3, 0.4) is 0 Å². The molecule has 2 aliphatic carbocycles. The summed E-state index contributed by atoms with van der Waals surface area (Å²) in [5.74, 6) is -3.77. The molecule has 2 rings (SSSR count). The van der Waals surface area contributed by atoms with E-state index in [1.807, 2.05) is 0 Å². The van der Waals surface area contributed by atoms with Crippen molar-refractivity contribution in [1.82, 2.24) is 10.6 Å². The summed E-state index contributed by atoms with van der Waals surface area (Å²) in [5, 5.41) is 4.92. The van der Waals surface area contributed by atoms with Gasteiger partial charge in [0.1, 0.15) is 29.5 Å². The summed E-state index contributed by atoms with van der Waals surface area (Å²) in [6, 6.07) is -1.07. The number of hydrogen-bond donors (Lipinski definition) is 2. The predicted molar refractivity (Wildman–Crippen MR) is 103 cm³/mol. The molecule has 30 heavy (non-hydrogen) atoms. The fourth-order valence-electron chi connectivity index (χ4n) is 3.80. The van der Waals surface area contributed by atoms with Crippen LogP contribution in [0, 0.1) is 11.8 Å². The zero-order valence-corrected chi connectivity index (χ0v) is 17.8. The zero-order chi connectivity index (χ0) is 22.9. The van der Waals surface area contributed by atoms with Crippen molar-refractivity contribution < 1.29 is 37.8 Å². The van der Waals surface area contributed by atoms with Crippen molar-refractivity contribution in [3.05, 3.63) is 12.7 Å². The predicted octanol–water partition coefficient (Wildman–Crippen LogP) is 1.40. The van der Waals surface area contributed by atoms with Gasteiger partial charge in [-0.1, -0.05) is 6.58 Å². The number of alkyl carbamates (subject to hydrolysis) is 1. The Bertz CT molecular complexity index is 735. The third-order valence-corrected chi connectivity index (χ3v) is 5.04. The topological polar surface area (TPSA) is 120 Å². The molecule has 0 aromatic carbocycles. The first-order chi connectivity index (χ1) is 13.9. The summed E-state index contributed by atoms with van der Waals surface area (Å²) in [5.41, 5.74) is -2.46. The summed E-state index contributed by atoms with van der Waals surface area (Å²) in [7, 11) is 0. The van der Waals surface area contributed by atoms with Crippen LogP contribution in [0.2, 0.25) is 0 Å². The second-order valence-electron chi connectivity index (χ2n) is 8.48. The highest BCUT2D eigenvalue weighted by Crippen LogP contribution is 2.60. The van der Waals surface area contributed by atoms with Gasteiger partial charge < -0.3 is 24.8 Å². The van der Waals surface area contributed by atoms with Crippen LogP contribution >= 0.6 is 0 Å². The molecule has 0 saturated heterocycles. The number of nitrogens with one attached hydrogen (secondary N) is 2. The molecule has 9 nitrogen and oxygen atoms in total. The van der Waals surface area contributed by atoms with Crippen molar-refractivity contribution in [3.8, 4) is 0 Å². The molecule has 0 radical (unpaired) electrons. The fourth-order valence-corrected chi connectivity index (χ4v) is 3.80. The van der Waals surface area contributed by atoms with Crippen LogP contribution in [-0.2, 0) is 28.6 Å². The normalized spacial score (nSPS) is 30.3. The Labute approximate surface area is 174 Å². The number of amides is 2. The number of halogens is 1. The number of hydrogen-bond acceptors (Lipinski definition) is 7. The van der Waals surface area contributed by atoms with E-state index in [1.54, 1.807) is 27.7 Å². The maximum atomic E-state index is 14.6. The summed E-state index contributed by atoms with van der Waals surface area (Å²) >= 11 is 0. The Morgan fingerprint density at radius 3 is 2.47 bits per heavy atom. The van der Waals surface area contributed by atoms with Crippen molar-refractivity contribution in [3.63, 3.8) is 0 Å². The van der Waals surface area contributed by atoms with Crippen molar-refractivity contribution in [2.45, 2.75) is 70.5 Å². The Hall–Kier alpha value is -2.65. The molecule has 2 N–H and O–H groups in total. The minimum absolute atomic E-state index is 0.0214. The second-order valence-corrected chi connectivity index (χ2v) is 8.48. The van der Waals surface area contributed by atoms with Crippen molar-refractivity contribution in [1.29, 1.82) is 0 Å². The number of carbonyl (C=O) groups excluding carboxylic acids is 4. The van der Waals surface area contributed by atoms with E-state index < -0.39 is 65.2 Å². The van der Waals surface area contributed by atoms with Gasteiger partial charge >= 0.3 is 18.0 Å². The first-order valence-electron chi connectivity index (χ1n) is 9.82. The van der Waals surface area contributed by atoms with Crippen molar-refractivity contribution in [2.24, 2.45) is 11.8 Å². The standard InChI is InChI=1S/C20H29FN2O7/c1-7-12(24)29-15-13-11(21)9-20(14(13)15,17(26)28-8-2)23-16(25)10(3)22-18(27)30-19(4,5)6/h7,10-11,13-15H,1,8-9H2,2-6H3,(H,22,27)(H,23,25)/t10-,11-,13-,14+,15+,20-/m1/s1. The van der Waals surface area contributed by atoms with Crippen LogP contribution in [0.15, 0.2) is 12.7 Å². The van der Waals surface area contributed by atoms with Gasteiger partial charge in [-0.05, 0) is 34.6 Å². The molecule has 168 valence electrons. The van der Waals surface area contributed by atoms with E-state index in [0.717, 1.165) is 6.08 Å². The smallest absolute Gasteiger partial charge is 0.408 e. The molecule has 2 aliphatic rings. The Kier molecular flexibility index (Phi) is 6.78. The molecule has 0 unspecified atom stereocenters. The van der Waals surface area contributed by atoms with Gasteiger partial charge in [0.2, 0.25) is 5.91 Å². The van der Waals surface area contributed by atoms with Crippen LogP contribution in [0.25, 0.3) is 0 Å². The fraction of sp³-hybridized carbons (Fsp3) is 0.700. The average molecular weight is 428 g/mol. The molecule has 0 heterocycles. The van der Waals surface area contributed by atoms with Gasteiger partial charge in [0.25, 0.3) is 0 Å². The molecule has 2 saturated carbocycles. The van der Waals surface area contributed by atoms with Gasteiger partial charge in [0, 0.05) is 24.3 Å². The van der Waals surface area contributed by atoms with Crippen LogP contribution in [-0.4, -0.2) is 60.0 Å². The van der Waals surface area contributed by atoms with E-state index in [1.165, 1.54) is 6.92 Å². The molecule has 10 heteroatoms. The van der Waals surface area contributed by atoms with E-state index in [4.69, 9.17) is 14.2 Å². The van der Waals surface area contributed by atoms with E-state index in [9.17, 15) is 23.6 Å². The quantitative estimate of drug-likeness (QED) is 0.357. The Balaban J connectivity index is 2.17. The summed E-state index contributed by atoms with van der Waals surface area (Å²) < 4.78 is 30.0. The number of alkyl halides is 1. The first-order valence-corrected chi connectivity index (χ1v) is 9.82. The summed E-state index contributed by atoms with van der Waals surface area (Å²) in [6.45, 7) is 11.3. The van der Waals surface area contributed by atoms with Gasteiger partial charge in [-0.25, -0.2) is 18.8 Å². The van der Waals surface area contributed by atoms with E-state index in [2.05, 4.69) is 17.2 Å². The van der Waals surface area contributed by atoms with Gasteiger partial charge in [0.15, 0.2) is 0 Å². The lowest BCUT2D eigenvalue weighted by atomic mass is 9.91. The lowest BCUT2D eigenvalue weighted by Crippen LogP contribution is -2.61. The minimum atomic E-state index is -1.70. The highest BCUT2D eigenvalue weighted by Gasteiger charge is 2.76. The molecule has 6 atom stereocenters. The molecule has 0 bridgehead atoms. The summed E-state index contributed by atoms with van der Waals surface area (Å²) in [6.07, 6.45) is -2.53. The minimum Gasteiger partial charge on any atom is -0.464 e. The molecule has 0 aromatic heterocycles. The van der Waals surface area contributed by atoms with Crippen molar-refractivity contribution >= 4 is 23.9 Å². The summed E-state index contributed by atoms with van der Waals surface area (Å²) in [4.78, 5) is 48.9. The van der Waals surface area contributed by atoms with E-state index in [-0.39, 0.29) is 13.0 Å². The molecule has 2 amide bonds. The highest BCUT2D eigenvalue weighted by atomic mass is 19.1. The molecule has 0 spiro atoms. The van der Waals surface area contributed by atoms with Gasteiger partial charge in [-0.3, -0.25) is 4.79 Å². The average Bonchev–Trinajstić information content (AvgIpc) is 3.24. The molecular weight excluding hydrogens is 399 g/mol. The van der Waals surface area contributed by atoms with Crippen LogP contribution in [0.1, 0.15) is 41.0 Å². The third-order valence-electron chi connectivity index (χ3n) is 5.04. The second kappa shape index (κ2) is 8.61. The van der Waals surface area contributed by atoms with E-state index in [0.29, 0.717) is 0 Å². The first kappa shape index (κ1) is 23.6. The number of carbonyl (C=O) groups is 4. The SMILES string of the molecule is C=CC(=O)O[C@H]1[C@H]2[C@@H]1[C@@](NC(=O)[C@@H](C)NC(=O)OC(C)(C)C)(C(=O)OCC)C[C@H]2F. The van der Waals surface area contributed by atoms with Gasteiger partial charge in [-0.2, -0.15) is 0 Å². The Morgan fingerprint density at radius 2 is 1.93 bits per heavy atom. The lowest BCUT2D eigenvalue weighted by molar-refractivity contribution is -0.157. The lowest BCUT2D eigenvalue weighted by Gasteiger charge is -2.32. The zero-order valence-electron chi connectivity index (χ0n) is 17.8. The van der Waals surface area contributed by atoms with Crippen LogP contribution < -0.4 is 10.6 Å². The molecule has 2 fully saturated rings. The molecular formula is C20H29FN2O7. The third kappa shape index (κ3) is 4.91. The van der Waals surface area contributed by atoms with Crippen molar-refractivity contribution in [2.75, 3.05) is 6.61 Å². The molecule has 0 aromatic rings. The Morgan fingerprint density at radius 1 is 1.30 bits per heavy atom. The van der Waals surface area contributed by atoms with E-state index >= 15 is 0 Å². The largest absolute Gasteiger partial charge is 0.464 e.